The van der Waals surface area contributed by atoms with Crippen LogP contribution < -0.4 is 5.32 Å². The highest BCUT2D eigenvalue weighted by atomic mass is 16.3. The van der Waals surface area contributed by atoms with Gasteiger partial charge in [-0.15, -0.1) is 0 Å². The number of aryl methyl sites for hydroxylation is 1. The molecule has 0 aliphatic rings. The minimum absolute atomic E-state index is 0.0984. The van der Waals surface area contributed by atoms with Gasteiger partial charge in [0.25, 0.3) is 5.91 Å². The Hall–Kier alpha value is -2.82. The zero-order valence-corrected chi connectivity index (χ0v) is 16.5. The van der Waals surface area contributed by atoms with Gasteiger partial charge in [0.15, 0.2) is 0 Å². The lowest BCUT2D eigenvalue weighted by atomic mass is 10.0. The molecule has 0 spiro atoms. The van der Waals surface area contributed by atoms with Gasteiger partial charge in [-0.1, -0.05) is 39.0 Å². The van der Waals surface area contributed by atoms with E-state index in [4.69, 9.17) is 9.52 Å². The lowest BCUT2D eigenvalue weighted by molar-refractivity contribution is 0.0946. The second kappa shape index (κ2) is 8.25. The Balaban J connectivity index is 2.02. The van der Waals surface area contributed by atoms with Crippen molar-refractivity contribution in [2.45, 2.75) is 47.1 Å². The van der Waals surface area contributed by atoms with Crippen molar-refractivity contribution in [2.24, 2.45) is 5.92 Å². The molecule has 0 saturated heterocycles. The van der Waals surface area contributed by atoms with Crippen LogP contribution in [-0.2, 0) is 19.4 Å². The second-order valence-corrected chi connectivity index (χ2v) is 7.18. The third-order valence-electron chi connectivity index (χ3n) is 4.56. The summed E-state index contributed by atoms with van der Waals surface area (Å²) in [5, 5.41) is 7.83. The average Bonchev–Trinajstić information content (AvgIpc) is 3.27. The largest absolute Gasteiger partial charge is 0.467 e. The summed E-state index contributed by atoms with van der Waals surface area (Å²) in [4.78, 5) is 13.0. The van der Waals surface area contributed by atoms with Crippen LogP contribution in [0.1, 0.15) is 53.8 Å². The molecule has 0 aliphatic heterocycles. The number of nitrogens with one attached hydrogen (secondary N) is 1. The van der Waals surface area contributed by atoms with E-state index >= 15 is 0 Å². The van der Waals surface area contributed by atoms with E-state index in [1.165, 1.54) is 0 Å². The molecule has 0 saturated carbocycles. The van der Waals surface area contributed by atoms with Crippen LogP contribution in [0, 0.1) is 12.8 Å². The summed E-state index contributed by atoms with van der Waals surface area (Å²) in [6.45, 7) is 8.78. The molecule has 3 aromatic rings. The van der Waals surface area contributed by atoms with Gasteiger partial charge in [0.1, 0.15) is 5.76 Å². The number of para-hydroxylation sites is 1. The van der Waals surface area contributed by atoms with Crippen molar-refractivity contribution in [1.82, 2.24) is 15.1 Å². The summed E-state index contributed by atoms with van der Waals surface area (Å²) in [5.41, 5.74) is 4.64. The smallest absolute Gasteiger partial charge is 0.255 e. The summed E-state index contributed by atoms with van der Waals surface area (Å²) in [6.07, 6.45) is 3.09. The third-order valence-corrected chi connectivity index (χ3v) is 4.56. The molecule has 1 amide bonds. The highest BCUT2D eigenvalue weighted by Gasteiger charge is 2.24. The summed E-state index contributed by atoms with van der Waals surface area (Å²) in [7, 11) is 0. The van der Waals surface area contributed by atoms with Crippen LogP contribution in [-0.4, -0.2) is 15.7 Å². The molecule has 0 fully saturated rings. The first-order valence-corrected chi connectivity index (χ1v) is 9.48. The highest BCUT2D eigenvalue weighted by molar-refractivity contribution is 5.96. The SMILES string of the molecule is CCc1c(C(=O)NCc2ccco2)c(CC(C)C)nn1-c1ccccc1C. The molecule has 1 aromatic carbocycles. The van der Waals surface area contributed by atoms with E-state index in [-0.39, 0.29) is 5.91 Å². The molecule has 5 nitrogen and oxygen atoms in total. The number of rotatable bonds is 7. The van der Waals surface area contributed by atoms with Crippen molar-refractivity contribution < 1.29 is 9.21 Å². The summed E-state index contributed by atoms with van der Waals surface area (Å²) in [6, 6.07) is 11.8. The molecule has 0 bridgehead atoms. The van der Waals surface area contributed by atoms with Gasteiger partial charge in [0.05, 0.1) is 35.4 Å². The van der Waals surface area contributed by atoms with E-state index in [9.17, 15) is 4.79 Å². The molecule has 2 heterocycles. The van der Waals surface area contributed by atoms with Gasteiger partial charge in [0, 0.05) is 0 Å². The fourth-order valence-electron chi connectivity index (χ4n) is 3.29. The minimum Gasteiger partial charge on any atom is -0.467 e. The molecule has 0 radical (unpaired) electrons. The van der Waals surface area contributed by atoms with E-state index in [1.807, 2.05) is 35.0 Å². The normalized spacial score (nSPS) is 11.1. The Kier molecular flexibility index (Phi) is 5.79. The Morgan fingerprint density at radius 3 is 2.63 bits per heavy atom. The van der Waals surface area contributed by atoms with Crippen LogP contribution in [0.4, 0.5) is 0 Å². The molecule has 0 atom stereocenters. The van der Waals surface area contributed by atoms with Crippen LogP contribution in [0.2, 0.25) is 0 Å². The number of carbonyl (C=O) groups excluding carboxylic acids is 1. The molecule has 2 aromatic heterocycles. The van der Waals surface area contributed by atoms with Crippen LogP contribution in [0.3, 0.4) is 0 Å². The fraction of sp³-hybridized carbons (Fsp3) is 0.364. The lowest BCUT2D eigenvalue weighted by Gasteiger charge is -2.10. The highest BCUT2D eigenvalue weighted by Crippen LogP contribution is 2.24. The lowest BCUT2D eigenvalue weighted by Crippen LogP contribution is -2.25. The van der Waals surface area contributed by atoms with Gasteiger partial charge in [-0.25, -0.2) is 4.68 Å². The number of nitrogens with zero attached hydrogens (tertiary/aromatic N) is 2. The molecule has 142 valence electrons. The number of aromatic nitrogens is 2. The third kappa shape index (κ3) is 4.13. The Morgan fingerprint density at radius 2 is 2.00 bits per heavy atom. The number of hydrogen-bond donors (Lipinski definition) is 1. The quantitative estimate of drug-likeness (QED) is 0.672. The van der Waals surface area contributed by atoms with Crippen molar-refractivity contribution in [1.29, 1.82) is 0 Å². The molecule has 27 heavy (non-hydrogen) atoms. The first-order valence-electron chi connectivity index (χ1n) is 9.48. The second-order valence-electron chi connectivity index (χ2n) is 7.18. The Morgan fingerprint density at radius 1 is 1.22 bits per heavy atom. The van der Waals surface area contributed by atoms with Gasteiger partial charge in [0.2, 0.25) is 0 Å². The zero-order valence-electron chi connectivity index (χ0n) is 16.5. The van der Waals surface area contributed by atoms with Crippen molar-refractivity contribution in [3.63, 3.8) is 0 Å². The standard InChI is InChI=1S/C22H27N3O2/c1-5-19-21(22(26)23-14-17-10-8-12-27-17)18(13-15(2)3)24-25(19)20-11-7-6-9-16(20)4/h6-12,15H,5,13-14H2,1-4H3,(H,23,26). The van der Waals surface area contributed by atoms with Crippen LogP contribution in [0.25, 0.3) is 5.69 Å². The van der Waals surface area contributed by atoms with Crippen LogP contribution in [0.15, 0.2) is 47.1 Å². The van der Waals surface area contributed by atoms with Crippen molar-refractivity contribution in [3.05, 3.63) is 70.9 Å². The van der Waals surface area contributed by atoms with Crippen LogP contribution >= 0.6 is 0 Å². The van der Waals surface area contributed by atoms with Gasteiger partial charge in [-0.2, -0.15) is 5.10 Å². The zero-order chi connectivity index (χ0) is 19.4. The van der Waals surface area contributed by atoms with Crippen LogP contribution in [0.5, 0.6) is 0 Å². The molecule has 1 N–H and O–H groups in total. The average molecular weight is 365 g/mol. The van der Waals surface area contributed by atoms with Crippen molar-refractivity contribution in [2.75, 3.05) is 0 Å². The number of hydrogen-bond acceptors (Lipinski definition) is 3. The summed E-state index contributed by atoms with van der Waals surface area (Å²) < 4.78 is 7.27. The fourth-order valence-corrected chi connectivity index (χ4v) is 3.29. The first kappa shape index (κ1) is 19.0. The predicted molar refractivity (Wildman–Crippen MR) is 106 cm³/mol. The first-order chi connectivity index (χ1) is 13.0. The number of benzene rings is 1. The van der Waals surface area contributed by atoms with E-state index < -0.39 is 0 Å². The molecule has 3 rings (SSSR count). The van der Waals surface area contributed by atoms with E-state index in [2.05, 4.69) is 39.1 Å². The molecular formula is C22H27N3O2. The summed E-state index contributed by atoms with van der Waals surface area (Å²) in [5.74, 6) is 1.04. The van der Waals surface area contributed by atoms with Gasteiger partial charge < -0.3 is 9.73 Å². The van der Waals surface area contributed by atoms with E-state index in [0.717, 1.165) is 41.2 Å². The van der Waals surface area contributed by atoms with Crippen molar-refractivity contribution >= 4 is 5.91 Å². The number of amides is 1. The maximum absolute atomic E-state index is 13.0. The number of furan rings is 1. The van der Waals surface area contributed by atoms with Gasteiger partial charge >= 0.3 is 0 Å². The molecular weight excluding hydrogens is 338 g/mol. The molecule has 0 aliphatic carbocycles. The topological polar surface area (TPSA) is 60.1 Å². The monoisotopic (exact) mass is 365 g/mol. The van der Waals surface area contributed by atoms with E-state index in [0.29, 0.717) is 18.0 Å². The van der Waals surface area contributed by atoms with Crippen molar-refractivity contribution in [3.8, 4) is 5.69 Å². The molecule has 5 heteroatoms. The van der Waals surface area contributed by atoms with Gasteiger partial charge in [-0.3, -0.25) is 4.79 Å². The molecule has 0 unspecified atom stereocenters. The summed E-state index contributed by atoms with van der Waals surface area (Å²) >= 11 is 0. The number of carbonyl (C=O) groups is 1. The van der Waals surface area contributed by atoms with Gasteiger partial charge in [-0.05, 0) is 49.4 Å². The Bertz CT molecular complexity index is 908. The maximum Gasteiger partial charge on any atom is 0.255 e. The Labute approximate surface area is 160 Å². The maximum atomic E-state index is 13.0. The van der Waals surface area contributed by atoms with E-state index in [1.54, 1.807) is 6.26 Å². The minimum atomic E-state index is -0.0984. The predicted octanol–water partition coefficient (Wildman–Crippen LogP) is 4.46.